The molecule has 1 rings (SSSR count). The summed E-state index contributed by atoms with van der Waals surface area (Å²) >= 11 is 0. The van der Waals surface area contributed by atoms with Crippen molar-refractivity contribution in [3.8, 4) is 0 Å². The molecule has 0 aliphatic rings. The van der Waals surface area contributed by atoms with Gasteiger partial charge in [0.2, 0.25) is 0 Å². The number of ether oxygens (including phenoxy) is 1. The number of benzene rings is 1. The Morgan fingerprint density at radius 1 is 1.14 bits per heavy atom. The van der Waals surface area contributed by atoms with Gasteiger partial charge in [0.05, 0.1) is 6.61 Å². The zero-order chi connectivity index (χ0) is 15.9. The zero-order valence-corrected chi connectivity index (χ0v) is 14.4. The highest BCUT2D eigenvalue weighted by Gasteiger charge is 2.15. The lowest BCUT2D eigenvalue weighted by atomic mass is 9.86. The maximum Gasteiger partial charge on any atom is 0.0593 e. The SMILES string of the molecule is CCOCCN(CC)CC(N)c1ccc(C(C)(C)C)cc1. The predicted molar refractivity (Wildman–Crippen MR) is 90.7 cm³/mol. The van der Waals surface area contributed by atoms with Gasteiger partial charge in [-0.15, -0.1) is 0 Å². The molecule has 0 aliphatic heterocycles. The Morgan fingerprint density at radius 3 is 2.24 bits per heavy atom. The van der Waals surface area contributed by atoms with Gasteiger partial charge >= 0.3 is 0 Å². The molecule has 3 heteroatoms. The summed E-state index contributed by atoms with van der Waals surface area (Å²) in [6, 6.07) is 8.79. The van der Waals surface area contributed by atoms with Crippen molar-refractivity contribution in [3.05, 3.63) is 35.4 Å². The fourth-order valence-electron chi connectivity index (χ4n) is 2.33. The van der Waals surface area contributed by atoms with Gasteiger partial charge in [0, 0.05) is 25.7 Å². The van der Waals surface area contributed by atoms with E-state index in [0.717, 1.165) is 32.8 Å². The first-order chi connectivity index (χ1) is 9.88. The molecule has 1 atom stereocenters. The molecule has 3 nitrogen and oxygen atoms in total. The van der Waals surface area contributed by atoms with Crippen molar-refractivity contribution in [1.82, 2.24) is 4.90 Å². The second-order valence-corrected chi connectivity index (χ2v) is 6.57. The summed E-state index contributed by atoms with van der Waals surface area (Å²) in [5.74, 6) is 0. The predicted octanol–water partition coefficient (Wildman–Crippen LogP) is 3.34. The van der Waals surface area contributed by atoms with Gasteiger partial charge in [-0.3, -0.25) is 4.90 Å². The zero-order valence-electron chi connectivity index (χ0n) is 14.4. The smallest absolute Gasteiger partial charge is 0.0593 e. The molecule has 1 aromatic rings. The summed E-state index contributed by atoms with van der Waals surface area (Å²) in [5.41, 5.74) is 9.10. The van der Waals surface area contributed by atoms with E-state index in [1.807, 2.05) is 6.92 Å². The van der Waals surface area contributed by atoms with Crippen molar-refractivity contribution in [2.75, 3.05) is 32.8 Å². The number of nitrogens with zero attached hydrogens (tertiary/aromatic N) is 1. The van der Waals surface area contributed by atoms with E-state index in [1.165, 1.54) is 11.1 Å². The minimum atomic E-state index is 0.0561. The maximum atomic E-state index is 6.35. The lowest BCUT2D eigenvalue weighted by Crippen LogP contribution is -2.34. The van der Waals surface area contributed by atoms with Gasteiger partial charge in [0.25, 0.3) is 0 Å². The quantitative estimate of drug-likeness (QED) is 0.747. The summed E-state index contributed by atoms with van der Waals surface area (Å²) < 4.78 is 5.42. The molecule has 21 heavy (non-hydrogen) atoms. The second kappa shape index (κ2) is 8.52. The van der Waals surface area contributed by atoms with Gasteiger partial charge in [0.1, 0.15) is 0 Å². The molecular formula is C18H32N2O. The molecule has 0 aromatic heterocycles. The van der Waals surface area contributed by atoms with Gasteiger partial charge in [-0.25, -0.2) is 0 Å². The Bertz CT molecular complexity index is 395. The average Bonchev–Trinajstić information content (AvgIpc) is 2.45. The Hall–Kier alpha value is -0.900. The number of likely N-dealkylation sites (N-methyl/N-ethyl adjacent to an activating group) is 1. The molecule has 0 heterocycles. The molecule has 0 spiro atoms. The summed E-state index contributed by atoms with van der Waals surface area (Å²) in [6.07, 6.45) is 0. The van der Waals surface area contributed by atoms with Gasteiger partial charge < -0.3 is 10.5 Å². The lowest BCUT2D eigenvalue weighted by Gasteiger charge is -2.25. The van der Waals surface area contributed by atoms with Crippen molar-refractivity contribution in [3.63, 3.8) is 0 Å². The van der Waals surface area contributed by atoms with E-state index in [0.29, 0.717) is 0 Å². The molecule has 0 aliphatic carbocycles. The normalized spacial score (nSPS) is 13.7. The minimum absolute atomic E-state index is 0.0561. The van der Waals surface area contributed by atoms with Crippen LogP contribution < -0.4 is 5.73 Å². The summed E-state index contributed by atoms with van der Waals surface area (Å²) in [6.45, 7) is 15.3. The number of rotatable bonds is 8. The standard InChI is InChI=1S/C18H32N2O/c1-6-20(12-13-21-7-2)14-17(19)15-8-10-16(11-9-15)18(3,4)5/h8-11,17H,6-7,12-14,19H2,1-5H3. The number of nitrogens with two attached hydrogens (primary N) is 1. The van der Waals surface area contributed by atoms with Crippen LogP contribution in [0.4, 0.5) is 0 Å². The topological polar surface area (TPSA) is 38.5 Å². The molecular weight excluding hydrogens is 260 g/mol. The van der Waals surface area contributed by atoms with Gasteiger partial charge in [0.15, 0.2) is 0 Å². The summed E-state index contributed by atoms with van der Waals surface area (Å²) in [7, 11) is 0. The van der Waals surface area contributed by atoms with Crippen LogP contribution in [-0.2, 0) is 10.2 Å². The third-order valence-corrected chi connectivity index (χ3v) is 3.86. The average molecular weight is 292 g/mol. The van der Waals surface area contributed by atoms with Crippen LogP contribution in [0.1, 0.15) is 51.8 Å². The van der Waals surface area contributed by atoms with Crippen molar-refractivity contribution < 1.29 is 4.74 Å². The Balaban J connectivity index is 2.59. The van der Waals surface area contributed by atoms with Crippen molar-refractivity contribution >= 4 is 0 Å². The maximum absolute atomic E-state index is 6.35. The molecule has 0 saturated carbocycles. The molecule has 0 saturated heterocycles. The third-order valence-electron chi connectivity index (χ3n) is 3.86. The molecule has 0 bridgehead atoms. The van der Waals surface area contributed by atoms with Crippen molar-refractivity contribution in [2.24, 2.45) is 5.73 Å². The molecule has 1 aromatic carbocycles. The minimum Gasteiger partial charge on any atom is -0.380 e. The van der Waals surface area contributed by atoms with Crippen LogP contribution in [0.2, 0.25) is 0 Å². The van der Waals surface area contributed by atoms with Gasteiger partial charge in [-0.2, -0.15) is 0 Å². The van der Waals surface area contributed by atoms with Gasteiger partial charge in [-0.1, -0.05) is 52.0 Å². The first kappa shape index (κ1) is 18.1. The second-order valence-electron chi connectivity index (χ2n) is 6.57. The lowest BCUT2D eigenvalue weighted by molar-refractivity contribution is 0.113. The molecule has 2 N–H and O–H groups in total. The van der Waals surface area contributed by atoms with Crippen LogP contribution in [-0.4, -0.2) is 37.7 Å². The van der Waals surface area contributed by atoms with Crippen LogP contribution >= 0.6 is 0 Å². The van der Waals surface area contributed by atoms with Crippen molar-refractivity contribution in [1.29, 1.82) is 0 Å². The van der Waals surface area contributed by atoms with Gasteiger partial charge in [-0.05, 0) is 30.0 Å². The highest BCUT2D eigenvalue weighted by atomic mass is 16.5. The monoisotopic (exact) mass is 292 g/mol. The van der Waals surface area contributed by atoms with Crippen LogP contribution in [0.5, 0.6) is 0 Å². The van der Waals surface area contributed by atoms with Crippen LogP contribution in [0, 0.1) is 0 Å². The number of hydrogen-bond donors (Lipinski definition) is 1. The van der Waals surface area contributed by atoms with Crippen LogP contribution in [0.15, 0.2) is 24.3 Å². The largest absolute Gasteiger partial charge is 0.380 e. The molecule has 0 fully saturated rings. The molecule has 120 valence electrons. The van der Waals surface area contributed by atoms with E-state index in [2.05, 4.69) is 56.9 Å². The van der Waals surface area contributed by atoms with Crippen molar-refractivity contribution in [2.45, 2.75) is 46.1 Å². The van der Waals surface area contributed by atoms with E-state index in [4.69, 9.17) is 10.5 Å². The first-order valence-electron chi connectivity index (χ1n) is 8.04. The number of hydrogen-bond acceptors (Lipinski definition) is 3. The highest BCUT2D eigenvalue weighted by molar-refractivity contribution is 5.29. The van der Waals surface area contributed by atoms with E-state index < -0.39 is 0 Å². The molecule has 0 radical (unpaired) electrons. The Labute approximate surface area is 130 Å². The van der Waals surface area contributed by atoms with E-state index in [-0.39, 0.29) is 11.5 Å². The molecule has 1 unspecified atom stereocenters. The van der Waals surface area contributed by atoms with E-state index in [1.54, 1.807) is 0 Å². The van der Waals surface area contributed by atoms with Crippen LogP contribution in [0.3, 0.4) is 0 Å². The summed E-state index contributed by atoms with van der Waals surface area (Å²) in [4.78, 5) is 2.35. The molecule has 0 amide bonds. The fourth-order valence-corrected chi connectivity index (χ4v) is 2.33. The van der Waals surface area contributed by atoms with Crippen LogP contribution in [0.25, 0.3) is 0 Å². The Morgan fingerprint density at radius 2 is 1.76 bits per heavy atom. The summed E-state index contributed by atoms with van der Waals surface area (Å²) in [5, 5.41) is 0. The van der Waals surface area contributed by atoms with E-state index in [9.17, 15) is 0 Å². The highest BCUT2D eigenvalue weighted by Crippen LogP contribution is 2.23. The first-order valence-corrected chi connectivity index (χ1v) is 8.04. The van der Waals surface area contributed by atoms with E-state index >= 15 is 0 Å². The Kier molecular flexibility index (Phi) is 7.36. The fraction of sp³-hybridized carbons (Fsp3) is 0.667. The third kappa shape index (κ3) is 6.16.